The van der Waals surface area contributed by atoms with Crippen LogP contribution in [-0.4, -0.2) is 14.7 Å². The molecule has 0 unspecified atom stereocenters. The number of hydrogen-bond acceptors (Lipinski definition) is 2. The number of halogens is 2. The maximum atomic E-state index is 13.5. The Morgan fingerprint density at radius 3 is 2.60 bits per heavy atom. The molecule has 0 atom stereocenters. The van der Waals surface area contributed by atoms with Crippen LogP contribution in [0.15, 0.2) is 23.1 Å². The first-order chi connectivity index (χ1) is 6.82. The van der Waals surface area contributed by atoms with E-state index in [1.54, 1.807) is 6.07 Å². The molecule has 1 aromatic rings. The molecular formula is C10H10F2O2S. The average molecular weight is 232 g/mol. The quantitative estimate of drug-likeness (QED) is 0.743. The van der Waals surface area contributed by atoms with Crippen molar-refractivity contribution in [3.63, 3.8) is 0 Å². The van der Waals surface area contributed by atoms with Crippen LogP contribution < -0.4 is 0 Å². The molecule has 0 amide bonds. The van der Waals surface area contributed by atoms with Gasteiger partial charge in [-0.05, 0) is 18.1 Å². The monoisotopic (exact) mass is 232 g/mol. The van der Waals surface area contributed by atoms with Crippen molar-refractivity contribution in [3.05, 3.63) is 29.3 Å². The van der Waals surface area contributed by atoms with E-state index in [4.69, 9.17) is 0 Å². The Balaban J connectivity index is 2.76. The molecule has 0 spiro atoms. The molecule has 0 aromatic heterocycles. The van der Waals surface area contributed by atoms with Crippen LogP contribution >= 0.6 is 0 Å². The van der Waals surface area contributed by atoms with Gasteiger partial charge in [-0.2, -0.15) is 0 Å². The van der Waals surface area contributed by atoms with Gasteiger partial charge in [0, 0.05) is 18.2 Å². The zero-order valence-electron chi connectivity index (χ0n) is 8.13. The molecule has 1 aliphatic carbocycles. The predicted octanol–water partition coefficient (Wildman–Crippen LogP) is 2.13. The lowest BCUT2D eigenvalue weighted by Gasteiger charge is -2.13. The molecule has 82 valence electrons. The number of benzene rings is 1. The van der Waals surface area contributed by atoms with Gasteiger partial charge in [0.05, 0.1) is 4.90 Å². The Bertz CT molecular complexity index is 506. The summed E-state index contributed by atoms with van der Waals surface area (Å²) in [6.07, 6.45) is 0.900. The third kappa shape index (κ3) is 1.65. The molecule has 0 fully saturated rings. The first-order valence-electron chi connectivity index (χ1n) is 4.52. The Kier molecular flexibility index (Phi) is 2.12. The topological polar surface area (TPSA) is 34.1 Å². The van der Waals surface area contributed by atoms with Gasteiger partial charge in [-0.1, -0.05) is 12.1 Å². The summed E-state index contributed by atoms with van der Waals surface area (Å²) in [4.78, 5) is -0.234. The van der Waals surface area contributed by atoms with Gasteiger partial charge < -0.3 is 0 Å². The largest absolute Gasteiger partial charge is 0.275 e. The van der Waals surface area contributed by atoms with Crippen molar-refractivity contribution < 1.29 is 17.2 Å². The number of fused-ring (bicyclic) bond motifs is 1. The van der Waals surface area contributed by atoms with Crippen molar-refractivity contribution in [1.29, 1.82) is 0 Å². The average Bonchev–Trinajstić information content (AvgIpc) is 2.41. The molecule has 15 heavy (non-hydrogen) atoms. The number of hydrogen-bond donors (Lipinski definition) is 0. The van der Waals surface area contributed by atoms with E-state index in [0.717, 1.165) is 6.26 Å². The highest BCUT2D eigenvalue weighted by Crippen LogP contribution is 2.44. The smallest absolute Gasteiger partial charge is 0.224 e. The van der Waals surface area contributed by atoms with E-state index >= 15 is 0 Å². The summed E-state index contributed by atoms with van der Waals surface area (Å²) in [5, 5.41) is 0. The Morgan fingerprint density at radius 1 is 1.33 bits per heavy atom. The highest BCUT2D eigenvalue weighted by molar-refractivity contribution is 7.90. The predicted molar refractivity (Wildman–Crippen MR) is 51.8 cm³/mol. The molecule has 5 heteroatoms. The maximum Gasteiger partial charge on any atom is 0.275 e. The van der Waals surface area contributed by atoms with Gasteiger partial charge >= 0.3 is 0 Å². The normalized spacial score (nSPS) is 18.9. The summed E-state index contributed by atoms with van der Waals surface area (Å²) in [6.45, 7) is 0. The third-order valence-corrected chi connectivity index (χ3v) is 3.73. The van der Waals surface area contributed by atoms with Gasteiger partial charge in [0.15, 0.2) is 9.84 Å². The molecular weight excluding hydrogens is 222 g/mol. The molecule has 2 rings (SSSR count). The minimum atomic E-state index is -3.58. The molecule has 0 heterocycles. The summed E-state index contributed by atoms with van der Waals surface area (Å²) < 4.78 is 49.6. The van der Waals surface area contributed by atoms with Crippen LogP contribution in [0.2, 0.25) is 0 Å². The van der Waals surface area contributed by atoms with E-state index in [0.29, 0.717) is 5.56 Å². The fourth-order valence-electron chi connectivity index (χ4n) is 1.93. The first-order valence-corrected chi connectivity index (χ1v) is 6.42. The second-order valence-electron chi connectivity index (χ2n) is 3.77. The van der Waals surface area contributed by atoms with Crippen LogP contribution in [-0.2, 0) is 22.2 Å². The molecule has 0 N–H and O–H groups in total. The van der Waals surface area contributed by atoms with E-state index < -0.39 is 15.8 Å². The van der Waals surface area contributed by atoms with Crippen LogP contribution in [0.4, 0.5) is 8.78 Å². The molecule has 0 bridgehead atoms. The van der Waals surface area contributed by atoms with E-state index in [2.05, 4.69) is 0 Å². The summed E-state index contributed by atoms with van der Waals surface area (Å²) in [5.74, 6) is -3.00. The Labute approximate surface area is 86.8 Å². The molecule has 1 aromatic carbocycles. The first kappa shape index (κ1) is 10.5. The van der Waals surface area contributed by atoms with Gasteiger partial charge in [-0.25, -0.2) is 17.2 Å². The Morgan fingerprint density at radius 2 is 2.00 bits per heavy atom. The van der Waals surface area contributed by atoms with Gasteiger partial charge in [-0.3, -0.25) is 0 Å². The lowest BCUT2D eigenvalue weighted by molar-refractivity contribution is -0.00446. The van der Waals surface area contributed by atoms with E-state index in [9.17, 15) is 17.2 Å². The minimum Gasteiger partial charge on any atom is -0.224 e. The number of rotatable bonds is 1. The Hall–Kier alpha value is -0.970. The summed E-state index contributed by atoms with van der Waals surface area (Å²) in [6, 6.07) is 4.31. The van der Waals surface area contributed by atoms with Gasteiger partial charge in [0.1, 0.15) is 0 Å². The van der Waals surface area contributed by atoms with Crippen molar-refractivity contribution in [2.75, 3.05) is 6.26 Å². The second kappa shape index (κ2) is 3.01. The fraction of sp³-hybridized carbons (Fsp3) is 0.400. The molecule has 2 nitrogen and oxygen atoms in total. The van der Waals surface area contributed by atoms with Gasteiger partial charge in [0.2, 0.25) is 0 Å². The van der Waals surface area contributed by atoms with E-state index in [-0.39, 0.29) is 23.3 Å². The zero-order valence-corrected chi connectivity index (χ0v) is 8.94. The van der Waals surface area contributed by atoms with Crippen molar-refractivity contribution in [2.24, 2.45) is 0 Å². The summed E-state index contributed by atoms with van der Waals surface area (Å²) in [7, 11) is -3.58. The lowest BCUT2D eigenvalue weighted by Crippen LogP contribution is -2.13. The number of aryl methyl sites for hydroxylation is 1. The van der Waals surface area contributed by atoms with Crippen LogP contribution in [0.5, 0.6) is 0 Å². The van der Waals surface area contributed by atoms with Crippen molar-refractivity contribution in [2.45, 2.75) is 23.7 Å². The third-order valence-electron chi connectivity index (χ3n) is 2.59. The lowest BCUT2D eigenvalue weighted by atomic mass is 10.1. The van der Waals surface area contributed by atoms with Crippen molar-refractivity contribution >= 4 is 9.84 Å². The van der Waals surface area contributed by atoms with Crippen LogP contribution in [0, 0.1) is 0 Å². The summed E-state index contributed by atoms with van der Waals surface area (Å²) in [5.41, 5.74) is 0.149. The van der Waals surface area contributed by atoms with Crippen LogP contribution in [0.25, 0.3) is 0 Å². The SMILES string of the molecule is CS(=O)(=O)c1cccc2c1C(F)(F)CC2. The molecule has 0 saturated carbocycles. The minimum absolute atomic E-state index is 0.234. The van der Waals surface area contributed by atoms with Gasteiger partial charge in [-0.15, -0.1) is 0 Å². The van der Waals surface area contributed by atoms with Crippen molar-refractivity contribution in [3.8, 4) is 0 Å². The van der Waals surface area contributed by atoms with Crippen LogP contribution in [0.3, 0.4) is 0 Å². The highest BCUT2D eigenvalue weighted by Gasteiger charge is 2.42. The van der Waals surface area contributed by atoms with E-state index in [1.807, 2.05) is 0 Å². The highest BCUT2D eigenvalue weighted by atomic mass is 32.2. The molecule has 0 aliphatic heterocycles. The zero-order chi connectivity index (χ0) is 11.3. The van der Waals surface area contributed by atoms with Crippen molar-refractivity contribution in [1.82, 2.24) is 0 Å². The molecule has 0 saturated heterocycles. The maximum absolute atomic E-state index is 13.5. The van der Waals surface area contributed by atoms with Crippen LogP contribution in [0.1, 0.15) is 17.5 Å². The molecule has 1 aliphatic rings. The summed E-state index contributed by atoms with van der Waals surface area (Å²) >= 11 is 0. The molecule has 0 radical (unpaired) electrons. The fourth-order valence-corrected chi connectivity index (χ4v) is 2.90. The number of alkyl halides is 2. The standard InChI is InChI=1S/C10H10F2O2S/c1-15(13,14)8-4-2-3-7-5-6-10(11,12)9(7)8/h2-4H,5-6H2,1H3. The second-order valence-corrected chi connectivity index (χ2v) is 5.75. The number of sulfone groups is 1. The van der Waals surface area contributed by atoms with Gasteiger partial charge in [0.25, 0.3) is 5.92 Å². The van der Waals surface area contributed by atoms with E-state index in [1.165, 1.54) is 12.1 Å².